The lowest BCUT2D eigenvalue weighted by atomic mass is 9.89. The summed E-state index contributed by atoms with van der Waals surface area (Å²) in [4.78, 5) is 22.2. The third-order valence-electron chi connectivity index (χ3n) is 2.99. The SMILES string of the molecule is CC(O)/C=C/C[C@@H]1C(=O)CC[C@@H]1CC(=O)O. The second-order valence-electron chi connectivity index (χ2n) is 4.37. The van der Waals surface area contributed by atoms with Crippen molar-refractivity contribution in [2.45, 2.75) is 38.7 Å². The molecule has 4 nitrogen and oxygen atoms in total. The van der Waals surface area contributed by atoms with Crippen LogP contribution in [0.4, 0.5) is 0 Å². The monoisotopic (exact) mass is 226 g/mol. The first-order valence-corrected chi connectivity index (χ1v) is 5.60. The van der Waals surface area contributed by atoms with Crippen LogP contribution in [0.1, 0.15) is 32.6 Å². The number of carbonyl (C=O) groups is 2. The molecular weight excluding hydrogens is 208 g/mol. The van der Waals surface area contributed by atoms with Crippen LogP contribution in [-0.2, 0) is 9.59 Å². The summed E-state index contributed by atoms with van der Waals surface area (Å²) in [6.45, 7) is 1.64. The highest BCUT2D eigenvalue weighted by molar-refractivity contribution is 5.84. The third kappa shape index (κ3) is 3.77. The molecule has 2 N–H and O–H groups in total. The van der Waals surface area contributed by atoms with Crippen molar-refractivity contribution in [2.24, 2.45) is 11.8 Å². The molecule has 1 rings (SSSR count). The van der Waals surface area contributed by atoms with Crippen LogP contribution in [0.2, 0.25) is 0 Å². The summed E-state index contributed by atoms with van der Waals surface area (Å²) in [5, 5.41) is 17.8. The van der Waals surface area contributed by atoms with E-state index in [0.29, 0.717) is 19.3 Å². The Morgan fingerprint density at radius 2 is 2.31 bits per heavy atom. The van der Waals surface area contributed by atoms with Gasteiger partial charge >= 0.3 is 5.97 Å². The van der Waals surface area contributed by atoms with E-state index in [1.54, 1.807) is 19.1 Å². The predicted molar refractivity (Wildman–Crippen MR) is 58.9 cm³/mol. The minimum absolute atomic E-state index is 0.0383. The summed E-state index contributed by atoms with van der Waals surface area (Å²) in [6, 6.07) is 0. The molecule has 1 saturated carbocycles. The third-order valence-corrected chi connectivity index (χ3v) is 2.99. The smallest absolute Gasteiger partial charge is 0.303 e. The van der Waals surface area contributed by atoms with Gasteiger partial charge < -0.3 is 10.2 Å². The molecule has 0 aromatic carbocycles. The maximum atomic E-state index is 11.6. The number of carboxylic acid groups (broad SMARTS) is 1. The molecule has 90 valence electrons. The van der Waals surface area contributed by atoms with Crippen molar-refractivity contribution >= 4 is 11.8 Å². The molecule has 0 saturated heterocycles. The zero-order valence-electron chi connectivity index (χ0n) is 9.43. The fraction of sp³-hybridized carbons (Fsp3) is 0.667. The molecule has 0 amide bonds. The number of hydrogen-bond donors (Lipinski definition) is 2. The first-order chi connectivity index (χ1) is 7.50. The van der Waals surface area contributed by atoms with Crippen LogP contribution < -0.4 is 0 Å². The van der Waals surface area contributed by atoms with Crippen LogP contribution in [0.15, 0.2) is 12.2 Å². The number of aliphatic hydroxyl groups is 1. The van der Waals surface area contributed by atoms with Crippen molar-refractivity contribution in [1.82, 2.24) is 0 Å². The molecule has 1 aliphatic carbocycles. The highest BCUT2D eigenvalue weighted by Crippen LogP contribution is 2.33. The fourth-order valence-electron chi connectivity index (χ4n) is 2.19. The van der Waals surface area contributed by atoms with E-state index in [-0.39, 0.29) is 24.0 Å². The quantitative estimate of drug-likeness (QED) is 0.694. The van der Waals surface area contributed by atoms with Gasteiger partial charge in [-0.2, -0.15) is 0 Å². The molecule has 0 aromatic heterocycles. The minimum atomic E-state index is -0.843. The maximum Gasteiger partial charge on any atom is 0.303 e. The number of Topliss-reactive ketones (excluding diaryl/α,β-unsaturated/α-hetero) is 1. The highest BCUT2D eigenvalue weighted by Gasteiger charge is 2.34. The molecule has 1 unspecified atom stereocenters. The normalized spacial score (nSPS) is 27.5. The number of carboxylic acids is 1. The van der Waals surface area contributed by atoms with Crippen LogP contribution in [0.5, 0.6) is 0 Å². The Morgan fingerprint density at radius 1 is 1.62 bits per heavy atom. The van der Waals surface area contributed by atoms with Gasteiger partial charge in [-0.3, -0.25) is 9.59 Å². The zero-order chi connectivity index (χ0) is 12.1. The summed E-state index contributed by atoms with van der Waals surface area (Å²) >= 11 is 0. The Balaban J connectivity index is 2.53. The van der Waals surface area contributed by atoms with E-state index in [1.165, 1.54) is 0 Å². The maximum absolute atomic E-state index is 11.6. The highest BCUT2D eigenvalue weighted by atomic mass is 16.4. The topological polar surface area (TPSA) is 74.6 Å². The Labute approximate surface area is 95.0 Å². The Bertz CT molecular complexity index is 293. The van der Waals surface area contributed by atoms with E-state index in [2.05, 4.69) is 0 Å². The van der Waals surface area contributed by atoms with Gasteiger partial charge in [0.2, 0.25) is 0 Å². The summed E-state index contributed by atoms with van der Waals surface area (Å²) < 4.78 is 0. The van der Waals surface area contributed by atoms with Gasteiger partial charge in [-0.25, -0.2) is 0 Å². The van der Waals surface area contributed by atoms with E-state index >= 15 is 0 Å². The second-order valence-corrected chi connectivity index (χ2v) is 4.37. The molecule has 0 aromatic rings. The number of allylic oxidation sites excluding steroid dienone is 1. The molecule has 0 aliphatic heterocycles. The molecule has 16 heavy (non-hydrogen) atoms. The fourth-order valence-corrected chi connectivity index (χ4v) is 2.19. The van der Waals surface area contributed by atoms with Crippen molar-refractivity contribution in [3.63, 3.8) is 0 Å². The predicted octanol–water partition coefficient (Wildman–Crippen LogP) is 1.38. The average Bonchev–Trinajstić information content (AvgIpc) is 2.48. The van der Waals surface area contributed by atoms with Crippen molar-refractivity contribution in [1.29, 1.82) is 0 Å². The molecule has 0 bridgehead atoms. The molecule has 3 atom stereocenters. The standard InChI is InChI=1S/C12H18O4/c1-8(13)3-2-4-10-9(7-12(15)16)5-6-11(10)14/h2-3,8-10,13H,4-7H2,1H3,(H,15,16)/b3-2+/t8?,9-,10+/m1/s1. The van der Waals surface area contributed by atoms with Gasteiger partial charge in [-0.05, 0) is 25.7 Å². The summed E-state index contributed by atoms with van der Waals surface area (Å²) in [5.74, 6) is -0.902. The van der Waals surface area contributed by atoms with Gasteiger partial charge in [0, 0.05) is 18.8 Å². The van der Waals surface area contributed by atoms with Crippen molar-refractivity contribution < 1.29 is 19.8 Å². The molecular formula is C12H18O4. The van der Waals surface area contributed by atoms with Crippen LogP contribution in [0, 0.1) is 11.8 Å². The van der Waals surface area contributed by atoms with Crippen LogP contribution in [-0.4, -0.2) is 28.1 Å². The zero-order valence-corrected chi connectivity index (χ0v) is 9.43. The number of rotatable bonds is 5. The molecule has 0 heterocycles. The Hall–Kier alpha value is -1.16. The van der Waals surface area contributed by atoms with Crippen molar-refractivity contribution in [3.8, 4) is 0 Å². The van der Waals surface area contributed by atoms with E-state index < -0.39 is 12.1 Å². The second kappa shape index (κ2) is 5.80. The van der Waals surface area contributed by atoms with Crippen LogP contribution in [0.3, 0.4) is 0 Å². The Kier molecular flexibility index (Phi) is 4.68. The first kappa shape index (κ1) is 12.9. The molecule has 1 fully saturated rings. The first-order valence-electron chi connectivity index (χ1n) is 5.60. The van der Waals surface area contributed by atoms with Crippen molar-refractivity contribution in [3.05, 3.63) is 12.2 Å². The van der Waals surface area contributed by atoms with Gasteiger partial charge in [0.25, 0.3) is 0 Å². The summed E-state index contributed by atoms with van der Waals surface area (Å²) in [6.07, 6.45) is 4.66. The van der Waals surface area contributed by atoms with E-state index in [1.807, 2.05) is 0 Å². The summed E-state index contributed by atoms with van der Waals surface area (Å²) in [5.41, 5.74) is 0. The van der Waals surface area contributed by atoms with E-state index in [0.717, 1.165) is 0 Å². The molecule has 0 spiro atoms. The summed E-state index contributed by atoms with van der Waals surface area (Å²) in [7, 11) is 0. The Morgan fingerprint density at radius 3 is 2.88 bits per heavy atom. The minimum Gasteiger partial charge on any atom is -0.481 e. The average molecular weight is 226 g/mol. The van der Waals surface area contributed by atoms with Gasteiger partial charge in [0.05, 0.1) is 6.10 Å². The molecule has 4 heteroatoms. The lowest BCUT2D eigenvalue weighted by Crippen LogP contribution is -2.17. The van der Waals surface area contributed by atoms with Crippen LogP contribution in [0.25, 0.3) is 0 Å². The van der Waals surface area contributed by atoms with E-state index in [4.69, 9.17) is 10.2 Å². The number of aliphatic hydroxyl groups excluding tert-OH is 1. The van der Waals surface area contributed by atoms with Gasteiger partial charge in [0.1, 0.15) is 5.78 Å². The van der Waals surface area contributed by atoms with Gasteiger partial charge in [0.15, 0.2) is 0 Å². The van der Waals surface area contributed by atoms with Gasteiger partial charge in [-0.15, -0.1) is 0 Å². The number of hydrogen-bond acceptors (Lipinski definition) is 3. The lowest BCUT2D eigenvalue weighted by Gasteiger charge is -2.14. The number of carbonyl (C=O) groups excluding carboxylic acids is 1. The number of ketones is 1. The van der Waals surface area contributed by atoms with E-state index in [9.17, 15) is 9.59 Å². The van der Waals surface area contributed by atoms with Crippen molar-refractivity contribution in [2.75, 3.05) is 0 Å². The molecule has 0 radical (unpaired) electrons. The van der Waals surface area contributed by atoms with Crippen LogP contribution >= 0.6 is 0 Å². The number of aliphatic carboxylic acids is 1. The van der Waals surface area contributed by atoms with Gasteiger partial charge in [-0.1, -0.05) is 12.2 Å². The molecule has 1 aliphatic rings. The largest absolute Gasteiger partial charge is 0.481 e. The lowest BCUT2D eigenvalue weighted by molar-refractivity contribution is -0.138.